The van der Waals surface area contributed by atoms with Crippen LogP contribution in [0.3, 0.4) is 0 Å². The van der Waals surface area contributed by atoms with Gasteiger partial charge in [-0.2, -0.15) is 0 Å². The van der Waals surface area contributed by atoms with Gasteiger partial charge in [0.1, 0.15) is 11.7 Å². The number of aryl methyl sites for hydroxylation is 2. The zero-order chi connectivity index (χ0) is 21.9. The van der Waals surface area contributed by atoms with Crippen molar-refractivity contribution in [1.82, 2.24) is 15.3 Å². The SMILES string of the molecule is Cc1cc(C)nc(-c2ccc(C3=NC(c4ccccc4)N=C(C4=CCCC=C4)N3)cc2)n1. The molecule has 0 spiro atoms. The van der Waals surface area contributed by atoms with E-state index >= 15 is 0 Å². The first kappa shape index (κ1) is 20.1. The number of amidine groups is 2. The molecule has 0 radical (unpaired) electrons. The Balaban J connectivity index is 1.49. The quantitative estimate of drug-likeness (QED) is 0.609. The van der Waals surface area contributed by atoms with E-state index in [9.17, 15) is 0 Å². The zero-order valence-corrected chi connectivity index (χ0v) is 18.3. The summed E-state index contributed by atoms with van der Waals surface area (Å²) in [6.45, 7) is 3.98. The van der Waals surface area contributed by atoms with Crippen LogP contribution in [0, 0.1) is 13.8 Å². The van der Waals surface area contributed by atoms with E-state index in [2.05, 4.69) is 69.9 Å². The largest absolute Gasteiger partial charge is 0.324 e. The molecule has 32 heavy (non-hydrogen) atoms. The molecule has 1 atom stereocenters. The van der Waals surface area contributed by atoms with E-state index in [1.54, 1.807) is 0 Å². The van der Waals surface area contributed by atoms with Gasteiger partial charge in [0.05, 0.1) is 0 Å². The van der Waals surface area contributed by atoms with Gasteiger partial charge in [-0.3, -0.25) is 0 Å². The second-order valence-corrected chi connectivity index (χ2v) is 8.06. The van der Waals surface area contributed by atoms with Crippen LogP contribution in [0.15, 0.2) is 94.4 Å². The van der Waals surface area contributed by atoms with Gasteiger partial charge in [0.15, 0.2) is 12.0 Å². The minimum Gasteiger partial charge on any atom is -0.324 e. The smallest absolute Gasteiger partial charge is 0.169 e. The van der Waals surface area contributed by atoms with Crippen molar-refractivity contribution in [2.75, 3.05) is 0 Å². The zero-order valence-electron chi connectivity index (χ0n) is 18.3. The summed E-state index contributed by atoms with van der Waals surface area (Å²) in [5, 5.41) is 3.47. The first-order valence-electron chi connectivity index (χ1n) is 10.9. The molecule has 5 heteroatoms. The molecule has 1 N–H and O–H groups in total. The fourth-order valence-corrected chi connectivity index (χ4v) is 3.94. The fourth-order valence-electron chi connectivity index (χ4n) is 3.94. The molecule has 1 aromatic heterocycles. The molecule has 5 rings (SSSR count). The van der Waals surface area contributed by atoms with Crippen LogP contribution >= 0.6 is 0 Å². The fraction of sp³-hybridized carbons (Fsp3) is 0.185. The molecule has 1 aliphatic heterocycles. The molecule has 1 unspecified atom stereocenters. The van der Waals surface area contributed by atoms with E-state index in [0.29, 0.717) is 0 Å². The number of rotatable bonds is 4. The monoisotopic (exact) mass is 419 g/mol. The van der Waals surface area contributed by atoms with E-state index in [0.717, 1.165) is 64.0 Å². The van der Waals surface area contributed by atoms with Crippen LogP contribution in [-0.2, 0) is 0 Å². The van der Waals surface area contributed by atoms with Crippen molar-refractivity contribution < 1.29 is 0 Å². The lowest BCUT2D eigenvalue weighted by Gasteiger charge is -2.23. The summed E-state index contributed by atoms with van der Waals surface area (Å²) in [6.07, 6.45) is 8.39. The van der Waals surface area contributed by atoms with Crippen LogP contribution in [0.1, 0.15) is 41.5 Å². The molecule has 0 bridgehead atoms. The molecule has 1 aliphatic carbocycles. The second-order valence-electron chi connectivity index (χ2n) is 8.06. The minimum atomic E-state index is -0.277. The van der Waals surface area contributed by atoms with Crippen LogP contribution in [-0.4, -0.2) is 21.6 Å². The Bertz CT molecular complexity index is 1230. The molecule has 3 aromatic rings. The van der Waals surface area contributed by atoms with Crippen LogP contribution in [0.4, 0.5) is 0 Å². The summed E-state index contributed by atoms with van der Waals surface area (Å²) in [5.41, 5.74) is 6.12. The Morgan fingerprint density at radius 3 is 2.16 bits per heavy atom. The normalized spacial score (nSPS) is 17.8. The molecular formula is C27H25N5. The average Bonchev–Trinajstić information content (AvgIpc) is 2.84. The first-order chi connectivity index (χ1) is 15.7. The maximum Gasteiger partial charge on any atom is 0.169 e. The third-order valence-electron chi connectivity index (χ3n) is 5.50. The van der Waals surface area contributed by atoms with E-state index in [1.807, 2.05) is 38.1 Å². The van der Waals surface area contributed by atoms with Crippen LogP contribution in [0.5, 0.6) is 0 Å². The summed E-state index contributed by atoms with van der Waals surface area (Å²) >= 11 is 0. The maximum absolute atomic E-state index is 4.93. The molecule has 2 aromatic carbocycles. The van der Waals surface area contributed by atoms with Crippen molar-refractivity contribution in [1.29, 1.82) is 0 Å². The van der Waals surface area contributed by atoms with Gasteiger partial charge in [0.2, 0.25) is 0 Å². The summed E-state index contributed by atoms with van der Waals surface area (Å²) in [5.74, 6) is 2.42. The Morgan fingerprint density at radius 2 is 1.47 bits per heavy atom. The highest BCUT2D eigenvalue weighted by atomic mass is 15.2. The number of allylic oxidation sites excluding steroid dienone is 2. The molecule has 2 heterocycles. The molecule has 0 amide bonds. The highest BCUT2D eigenvalue weighted by molar-refractivity contribution is 6.16. The highest BCUT2D eigenvalue weighted by Gasteiger charge is 2.21. The summed E-state index contributed by atoms with van der Waals surface area (Å²) in [7, 11) is 0. The van der Waals surface area contributed by atoms with Gasteiger partial charge in [-0.1, -0.05) is 72.8 Å². The van der Waals surface area contributed by atoms with Crippen molar-refractivity contribution in [3.63, 3.8) is 0 Å². The number of benzene rings is 2. The number of nitrogens with one attached hydrogen (secondary N) is 1. The first-order valence-corrected chi connectivity index (χ1v) is 10.9. The van der Waals surface area contributed by atoms with Gasteiger partial charge >= 0.3 is 0 Å². The predicted molar refractivity (Wildman–Crippen MR) is 130 cm³/mol. The summed E-state index contributed by atoms with van der Waals surface area (Å²) < 4.78 is 0. The van der Waals surface area contributed by atoms with Gasteiger partial charge in [0.25, 0.3) is 0 Å². The molecule has 2 aliphatic rings. The van der Waals surface area contributed by atoms with Gasteiger partial charge in [0, 0.05) is 28.1 Å². The van der Waals surface area contributed by atoms with E-state index in [4.69, 9.17) is 9.98 Å². The minimum absolute atomic E-state index is 0.277. The molecule has 5 nitrogen and oxygen atoms in total. The number of aliphatic imine (C=N–C) groups is 2. The Labute approximate surface area is 188 Å². The standard InChI is InChI=1S/C27H25N5/c1-18-17-19(2)29-24(28-18)22-13-15-23(16-14-22)27-31-25(20-9-5-3-6-10-20)30-26(32-27)21-11-7-4-8-12-21/h3,5-7,9-17,25H,4,8H2,1-2H3,(H,30,31,32). The molecule has 0 saturated heterocycles. The maximum atomic E-state index is 4.93. The number of hydrogen-bond acceptors (Lipinski definition) is 5. The third-order valence-corrected chi connectivity index (χ3v) is 5.50. The number of hydrogen-bond donors (Lipinski definition) is 1. The van der Waals surface area contributed by atoms with Crippen LogP contribution < -0.4 is 5.32 Å². The Kier molecular flexibility index (Phi) is 5.46. The third kappa shape index (κ3) is 4.28. The molecule has 158 valence electrons. The topological polar surface area (TPSA) is 62.5 Å². The van der Waals surface area contributed by atoms with Gasteiger partial charge in [-0.05, 0) is 38.3 Å². The van der Waals surface area contributed by atoms with E-state index in [-0.39, 0.29) is 6.17 Å². The van der Waals surface area contributed by atoms with E-state index < -0.39 is 0 Å². The summed E-state index contributed by atoms with van der Waals surface area (Å²) in [6, 6.07) is 20.4. The summed E-state index contributed by atoms with van der Waals surface area (Å²) in [4.78, 5) is 19.0. The van der Waals surface area contributed by atoms with Crippen LogP contribution in [0.2, 0.25) is 0 Å². The van der Waals surface area contributed by atoms with Crippen molar-refractivity contribution in [3.8, 4) is 11.4 Å². The Hall–Kier alpha value is -3.86. The second kappa shape index (κ2) is 8.71. The van der Waals surface area contributed by atoms with Crippen molar-refractivity contribution in [3.05, 3.63) is 107 Å². The number of nitrogens with zero attached hydrogens (tertiary/aromatic N) is 4. The van der Waals surface area contributed by atoms with Gasteiger partial charge in [-0.15, -0.1) is 0 Å². The highest BCUT2D eigenvalue weighted by Crippen LogP contribution is 2.25. The Morgan fingerprint density at radius 1 is 0.781 bits per heavy atom. The lowest BCUT2D eigenvalue weighted by atomic mass is 10.0. The molecule has 0 saturated carbocycles. The van der Waals surface area contributed by atoms with Crippen molar-refractivity contribution >= 4 is 11.7 Å². The molecule has 0 fully saturated rings. The van der Waals surface area contributed by atoms with Crippen molar-refractivity contribution in [2.24, 2.45) is 9.98 Å². The van der Waals surface area contributed by atoms with Gasteiger partial charge < -0.3 is 5.32 Å². The average molecular weight is 420 g/mol. The number of aromatic nitrogens is 2. The van der Waals surface area contributed by atoms with Crippen molar-refractivity contribution in [2.45, 2.75) is 32.9 Å². The van der Waals surface area contributed by atoms with E-state index in [1.165, 1.54) is 0 Å². The lowest BCUT2D eigenvalue weighted by Crippen LogP contribution is -2.36. The molecular weight excluding hydrogens is 394 g/mol. The lowest BCUT2D eigenvalue weighted by molar-refractivity contribution is 0.755. The van der Waals surface area contributed by atoms with Gasteiger partial charge in [-0.25, -0.2) is 20.0 Å². The predicted octanol–water partition coefficient (Wildman–Crippen LogP) is 5.48. The van der Waals surface area contributed by atoms with Crippen LogP contribution in [0.25, 0.3) is 11.4 Å².